The molecule has 2 bridgehead atoms. The lowest BCUT2D eigenvalue weighted by atomic mass is 9.97. The van der Waals surface area contributed by atoms with Crippen LogP contribution in [0.15, 0.2) is 95.0 Å². The molecule has 0 saturated heterocycles. The number of carbonyl (C=O) groups is 3. The van der Waals surface area contributed by atoms with E-state index in [4.69, 9.17) is 19.2 Å². The number of aromatic nitrogens is 1. The first-order valence-corrected chi connectivity index (χ1v) is 17.1. The molecule has 0 saturated carbocycles. The number of hydrogen-bond donors (Lipinski definition) is 1. The second-order valence-corrected chi connectivity index (χ2v) is 13.5. The van der Waals surface area contributed by atoms with Crippen LogP contribution in [0.3, 0.4) is 0 Å². The summed E-state index contributed by atoms with van der Waals surface area (Å²) in [6, 6.07) is 8.21. The van der Waals surface area contributed by atoms with Gasteiger partial charge in [0, 0.05) is 42.8 Å². The second kappa shape index (κ2) is 19.5. The van der Waals surface area contributed by atoms with Crippen molar-refractivity contribution in [3.63, 3.8) is 0 Å². The number of fused-ring (bicyclic) bond motifs is 2. The Morgan fingerprint density at radius 2 is 1.79 bits per heavy atom. The monoisotopic (exact) mass is 675 g/mol. The van der Waals surface area contributed by atoms with Gasteiger partial charge in [-0.1, -0.05) is 72.2 Å². The zero-order valence-electron chi connectivity index (χ0n) is 29.1. The van der Waals surface area contributed by atoms with Crippen LogP contribution in [0.25, 0.3) is 0 Å². The first-order chi connectivity index (χ1) is 22.9. The fraction of sp³-hybridized carbons (Fsp3) is 0.421. The minimum Gasteiger partial charge on any atom is -0.462 e. The summed E-state index contributed by atoms with van der Waals surface area (Å²) in [7, 11) is 4.05. The standard InChI is InChI=1S/C38H49N3O6S/c1-26(18-19-41(6)7)16-17-28(3)21-33-24-35-40-34(25-48-35)29(4)22-31(39-38(44)47-32-13-9-8-10-14-32)23-37(43)45-30(5)20-27(2)12-11-15-36(42)46-33/h8-18,21,25,29-31,33H,19-20,22-24H2,1-7H3,(H,39,44)/b15-11-,17-16+,26-18+,27-12+,28-21+/t29-,30-,31+,33+/m0/s1. The molecule has 1 N–H and O–H groups in total. The molecule has 1 aromatic heterocycles. The summed E-state index contributed by atoms with van der Waals surface area (Å²) in [4.78, 5) is 45.6. The molecule has 0 aliphatic carbocycles. The Kier molecular flexibility index (Phi) is 15.5. The average Bonchev–Trinajstić information content (AvgIpc) is 3.47. The van der Waals surface area contributed by atoms with Crippen molar-refractivity contribution in [3.8, 4) is 5.75 Å². The van der Waals surface area contributed by atoms with Gasteiger partial charge in [0.05, 0.1) is 17.1 Å². The molecule has 3 rings (SSSR count). The Hall–Kier alpha value is -4.28. The fourth-order valence-corrected chi connectivity index (χ4v) is 5.97. The van der Waals surface area contributed by atoms with Crippen molar-refractivity contribution in [3.05, 3.63) is 106 Å². The normalized spacial score (nSPS) is 24.0. The number of allylic oxidation sites excluding steroid dienone is 6. The first kappa shape index (κ1) is 38.2. The minimum atomic E-state index is -0.647. The molecule has 0 spiro atoms. The molecule has 258 valence electrons. The third-order valence-electron chi connectivity index (χ3n) is 7.44. The number of likely N-dealkylation sites (N-methyl/N-ethyl adjacent to an activating group) is 1. The summed E-state index contributed by atoms with van der Waals surface area (Å²) in [5, 5.41) is 5.64. The molecule has 48 heavy (non-hydrogen) atoms. The quantitative estimate of drug-likeness (QED) is 0.238. The lowest BCUT2D eigenvalue weighted by molar-refractivity contribution is -0.148. The van der Waals surface area contributed by atoms with Gasteiger partial charge in [0.25, 0.3) is 0 Å². The molecular weight excluding hydrogens is 627 g/mol. The Morgan fingerprint density at radius 3 is 2.52 bits per heavy atom. The largest absolute Gasteiger partial charge is 0.462 e. The van der Waals surface area contributed by atoms with Crippen LogP contribution in [0, 0.1) is 0 Å². The van der Waals surface area contributed by atoms with Crippen LogP contribution in [0.1, 0.15) is 70.5 Å². The zero-order chi connectivity index (χ0) is 35.1. The van der Waals surface area contributed by atoms with Crippen molar-refractivity contribution in [2.24, 2.45) is 0 Å². The van der Waals surface area contributed by atoms with Crippen LogP contribution in [-0.2, 0) is 25.5 Å². The highest BCUT2D eigenvalue weighted by atomic mass is 32.1. The molecule has 1 aromatic carbocycles. The maximum absolute atomic E-state index is 13.0. The summed E-state index contributed by atoms with van der Waals surface area (Å²) in [5.41, 5.74) is 3.85. The van der Waals surface area contributed by atoms with E-state index in [-0.39, 0.29) is 12.3 Å². The van der Waals surface area contributed by atoms with Gasteiger partial charge < -0.3 is 24.4 Å². The van der Waals surface area contributed by atoms with Crippen LogP contribution in [0.4, 0.5) is 4.79 Å². The number of hydrogen-bond acceptors (Lipinski definition) is 9. The number of nitrogens with zero attached hydrogens (tertiary/aromatic N) is 2. The van der Waals surface area contributed by atoms with E-state index in [1.807, 2.05) is 71.5 Å². The highest BCUT2D eigenvalue weighted by Crippen LogP contribution is 2.26. The van der Waals surface area contributed by atoms with Crippen molar-refractivity contribution >= 4 is 29.4 Å². The van der Waals surface area contributed by atoms with Gasteiger partial charge in [-0.25, -0.2) is 14.6 Å². The van der Waals surface area contributed by atoms with Gasteiger partial charge >= 0.3 is 18.0 Å². The van der Waals surface area contributed by atoms with E-state index in [2.05, 4.69) is 23.2 Å². The highest BCUT2D eigenvalue weighted by molar-refractivity contribution is 7.09. The van der Waals surface area contributed by atoms with Gasteiger partial charge in [0.1, 0.15) is 18.0 Å². The number of nitrogens with one attached hydrogen (secondary N) is 1. The Balaban J connectivity index is 1.86. The number of esters is 2. The molecule has 1 aliphatic heterocycles. The highest BCUT2D eigenvalue weighted by Gasteiger charge is 2.25. The van der Waals surface area contributed by atoms with Gasteiger partial charge in [-0.3, -0.25) is 4.79 Å². The molecule has 10 heteroatoms. The van der Waals surface area contributed by atoms with Gasteiger partial charge in [0.2, 0.25) is 0 Å². The van der Waals surface area contributed by atoms with Crippen molar-refractivity contribution in [1.82, 2.24) is 15.2 Å². The molecule has 1 amide bonds. The number of benzene rings is 1. The van der Waals surface area contributed by atoms with Crippen LogP contribution in [0.2, 0.25) is 0 Å². The zero-order valence-corrected chi connectivity index (χ0v) is 29.9. The van der Waals surface area contributed by atoms with Gasteiger partial charge in [0.15, 0.2) is 0 Å². The van der Waals surface area contributed by atoms with Crippen molar-refractivity contribution in [2.45, 2.75) is 84.5 Å². The van der Waals surface area contributed by atoms with Crippen LogP contribution in [-0.4, -0.2) is 66.8 Å². The number of para-hydroxylation sites is 1. The SMILES string of the molecule is CC(/C=C/C(C)=C/[C@@H]1Cc2nc(cs2)[C@@H](C)C[C@@H](NC(=O)Oc2ccccc2)CC(=O)O[C@@H](C)C/C(C)=C/C=C\C(=O)O1)=C\CN(C)C. The molecule has 0 fully saturated rings. The lowest BCUT2D eigenvalue weighted by Crippen LogP contribution is -2.39. The average molecular weight is 676 g/mol. The molecule has 9 nitrogen and oxygen atoms in total. The summed E-state index contributed by atoms with van der Waals surface area (Å²) < 4.78 is 17.0. The van der Waals surface area contributed by atoms with E-state index in [1.54, 1.807) is 36.4 Å². The molecule has 2 heterocycles. The maximum atomic E-state index is 13.0. The van der Waals surface area contributed by atoms with E-state index in [0.717, 1.165) is 34.0 Å². The molecule has 0 unspecified atom stereocenters. The predicted molar refractivity (Wildman–Crippen MR) is 191 cm³/mol. The van der Waals surface area contributed by atoms with E-state index in [1.165, 1.54) is 17.4 Å². The Morgan fingerprint density at radius 1 is 1.06 bits per heavy atom. The fourth-order valence-electron chi connectivity index (χ4n) is 5.01. The number of amides is 1. The van der Waals surface area contributed by atoms with Crippen molar-refractivity contribution in [2.75, 3.05) is 20.6 Å². The third kappa shape index (κ3) is 14.6. The van der Waals surface area contributed by atoms with Gasteiger partial charge in [-0.2, -0.15) is 0 Å². The summed E-state index contributed by atoms with van der Waals surface area (Å²) >= 11 is 1.49. The third-order valence-corrected chi connectivity index (χ3v) is 8.33. The molecule has 2 aromatic rings. The molecule has 0 radical (unpaired) electrons. The summed E-state index contributed by atoms with van der Waals surface area (Å²) in [5.74, 6) is -0.582. The molecule has 1 aliphatic rings. The number of rotatable bonds is 7. The minimum absolute atomic E-state index is 0.0238. The number of thiazole rings is 1. The van der Waals surface area contributed by atoms with Gasteiger partial charge in [-0.15, -0.1) is 11.3 Å². The summed E-state index contributed by atoms with van der Waals surface area (Å²) in [6.07, 6.45) is 12.7. The van der Waals surface area contributed by atoms with Crippen LogP contribution >= 0.6 is 11.3 Å². The summed E-state index contributed by atoms with van der Waals surface area (Å²) in [6.45, 7) is 10.6. The lowest BCUT2D eigenvalue weighted by Gasteiger charge is -2.22. The smallest absolute Gasteiger partial charge is 0.412 e. The first-order valence-electron chi connectivity index (χ1n) is 16.3. The van der Waals surface area contributed by atoms with E-state index in [9.17, 15) is 14.4 Å². The van der Waals surface area contributed by atoms with E-state index >= 15 is 0 Å². The number of carbonyl (C=O) groups excluding carboxylic acids is 3. The van der Waals surface area contributed by atoms with Crippen molar-refractivity contribution in [1.29, 1.82) is 0 Å². The molecule has 4 atom stereocenters. The Labute approximate surface area is 289 Å². The van der Waals surface area contributed by atoms with Crippen LogP contribution in [0.5, 0.6) is 5.75 Å². The van der Waals surface area contributed by atoms with Crippen LogP contribution < -0.4 is 10.1 Å². The van der Waals surface area contributed by atoms with E-state index < -0.39 is 36.3 Å². The topological polar surface area (TPSA) is 107 Å². The second-order valence-electron chi connectivity index (χ2n) is 12.6. The maximum Gasteiger partial charge on any atom is 0.412 e. The number of ether oxygens (including phenoxy) is 3. The van der Waals surface area contributed by atoms with Crippen molar-refractivity contribution < 1.29 is 28.6 Å². The predicted octanol–water partition coefficient (Wildman–Crippen LogP) is 7.49. The number of cyclic esters (lactones) is 2. The molecular formula is C38H49N3O6S. The Bertz CT molecular complexity index is 1520. The van der Waals surface area contributed by atoms with E-state index in [0.29, 0.717) is 25.0 Å². The van der Waals surface area contributed by atoms with Gasteiger partial charge in [-0.05, 0) is 66.4 Å².